The smallest absolute Gasteiger partial charge is 0.255 e. The molecular weight excluding hydrogens is 376 g/mol. The number of rotatable bonds is 6. The predicted octanol–water partition coefficient (Wildman–Crippen LogP) is 3.57. The second-order valence-electron chi connectivity index (χ2n) is 7.03. The highest BCUT2D eigenvalue weighted by molar-refractivity contribution is 7.89. The normalized spacial score (nSPS) is 15.4. The van der Waals surface area contributed by atoms with E-state index in [1.54, 1.807) is 54.7 Å². The lowest BCUT2D eigenvalue weighted by Crippen LogP contribution is -2.36. The van der Waals surface area contributed by atoms with E-state index in [4.69, 9.17) is 4.74 Å². The van der Waals surface area contributed by atoms with Crippen molar-refractivity contribution in [3.05, 3.63) is 59.2 Å². The first-order valence-electron chi connectivity index (χ1n) is 9.42. The van der Waals surface area contributed by atoms with Gasteiger partial charge in [0.05, 0.1) is 11.5 Å². The van der Waals surface area contributed by atoms with Crippen molar-refractivity contribution in [3.8, 4) is 0 Å². The molecule has 0 unspecified atom stereocenters. The molecule has 1 heterocycles. The molecule has 0 spiro atoms. The third kappa shape index (κ3) is 4.60. The van der Waals surface area contributed by atoms with Crippen molar-refractivity contribution in [2.45, 2.75) is 37.7 Å². The van der Waals surface area contributed by atoms with Crippen LogP contribution < -0.4 is 5.32 Å². The van der Waals surface area contributed by atoms with E-state index in [-0.39, 0.29) is 10.8 Å². The Kier molecular flexibility index (Phi) is 6.49. The average molecular weight is 403 g/mol. The highest BCUT2D eigenvalue weighted by Gasteiger charge is 2.27. The molecule has 1 N–H and O–H groups in total. The minimum atomic E-state index is -3.56. The number of methoxy groups -OCH3 is 1. The van der Waals surface area contributed by atoms with Crippen LogP contribution in [0.15, 0.2) is 47.4 Å². The van der Waals surface area contributed by atoms with Gasteiger partial charge in [0.1, 0.15) is 0 Å². The average Bonchev–Trinajstić information content (AvgIpc) is 2.70. The van der Waals surface area contributed by atoms with Crippen LogP contribution in [-0.4, -0.2) is 38.8 Å². The molecule has 1 aliphatic heterocycles. The Balaban J connectivity index is 1.83. The molecule has 0 radical (unpaired) electrons. The third-order valence-electron chi connectivity index (χ3n) is 4.88. The summed E-state index contributed by atoms with van der Waals surface area (Å²) in [6.07, 6.45) is 2.82. The number of nitrogens with zero attached hydrogens (tertiary/aromatic N) is 1. The topological polar surface area (TPSA) is 75.7 Å². The molecule has 28 heavy (non-hydrogen) atoms. The number of hydrogen-bond donors (Lipinski definition) is 1. The van der Waals surface area contributed by atoms with E-state index >= 15 is 0 Å². The minimum absolute atomic E-state index is 0.250. The SMILES string of the molecule is COCc1cccc(C(=O)Nc2ccc(C)c(S(=O)(=O)N3CCCCC3)c2)c1. The molecule has 1 fully saturated rings. The third-order valence-corrected chi connectivity index (χ3v) is 6.92. The van der Waals surface area contributed by atoms with Crippen LogP contribution in [0.2, 0.25) is 0 Å². The summed E-state index contributed by atoms with van der Waals surface area (Å²) in [5.74, 6) is -0.289. The Hall–Kier alpha value is -2.22. The molecule has 0 bridgehead atoms. The van der Waals surface area contributed by atoms with Gasteiger partial charge in [-0.3, -0.25) is 4.79 Å². The van der Waals surface area contributed by atoms with Gasteiger partial charge in [-0.05, 0) is 55.2 Å². The summed E-state index contributed by atoms with van der Waals surface area (Å²) in [5, 5.41) is 2.81. The second kappa shape index (κ2) is 8.86. The zero-order chi connectivity index (χ0) is 20.1. The fraction of sp³-hybridized carbons (Fsp3) is 0.381. The summed E-state index contributed by atoms with van der Waals surface area (Å²) >= 11 is 0. The van der Waals surface area contributed by atoms with Crippen LogP contribution in [0.1, 0.15) is 40.7 Å². The number of piperidine rings is 1. The van der Waals surface area contributed by atoms with E-state index in [0.717, 1.165) is 24.8 Å². The monoisotopic (exact) mass is 402 g/mol. The van der Waals surface area contributed by atoms with Gasteiger partial charge in [0, 0.05) is 31.5 Å². The molecule has 0 saturated carbocycles. The highest BCUT2D eigenvalue weighted by Crippen LogP contribution is 2.26. The zero-order valence-electron chi connectivity index (χ0n) is 16.3. The van der Waals surface area contributed by atoms with Gasteiger partial charge in [-0.2, -0.15) is 4.31 Å². The van der Waals surface area contributed by atoms with Crippen molar-refractivity contribution < 1.29 is 17.9 Å². The Morgan fingerprint density at radius 1 is 1.11 bits per heavy atom. The molecule has 0 aliphatic carbocycles. The van der Waals surface area contributed by atoms with Crippen molar-refractivity contribution in [3.63, 3.8) is 0 Å². The van der Waals surface area contributed by atoms with Crippen molar-refractivity contribution in [1.82, 2.24) is 4.31 Å². The van der Waals surface area contributed by atoms with E-state index in [1.165, 1.54) is 0 Å². The maximum absolute atomic E-state index is 13.0. The van der Waals surface area contributed by atoms with Gasteiger partial charge in [0.2, 0.25) is 10.0 Å². The number of carbonyl (C=O) groups is 1. The largest absolute Gasteiger partial charge is 0.380 e. The first-order chi connectivity index (χ1) is 13.4. The quantitative estimate of drug-likeness (QED) is 0.801. The summed E-state index contributed by atoms with van der Waals surface area (Å²) in [7, 11) is -1.96. The Bertz CT molecular complexity index is 951. The van der Waals surface area contributed by atoms with Crippen LogP contribution in [0.3, 0.4) is 0 Å². The number of benzene rings is 2. The molecule has 2 aromatic carbocycles. The number of amides is 1. The van der Waals surface area contributed by atoms with Crippen LogP contribution >= 0.6 is 0 Å². The summed E-state index contributed by atoms with van der Waals surface area (Å²) in [6, 6.07) is 12.2. The van der Waals surface area contributed by atoms with Crippen LogP contribution in [0, 0.1) is 6.92 Å². The van der Waals surface area contributed by atoms with Gasteiger partial charge in [0.15, 0.2) is 0 Å². The zero-order valence-corrected chi connectivity index (χ0v) is 17.1. The first kappa shape index (κ1) is 20.5. The summed E-state index contributed by atoms with van der Waals surface area (Å²) in [4.78, 5) is 12.9. The van der Waals surface area contributed by atoms with Gasteiger partial charge in [-0.25, -0.2) is 8.42 Å². The number of nitrogens with one attached hydrogen (secondary N) is 1. The number of ether oxygens (including phenoxy) is 1. The lowest BCUT2D eigenvalue weighted by Gasteiger charge is -2.26. The summed E-state index contributed by atoms with van der Waals surface area (Å²) < 4.78 is 32.7. The fourth-order valence-electron chi connectivity index (χ4n) is 3.37. The van der Waals surface area contributed by atoms with E-state index in [9.17, 15) is 13.2 Å². The fourth-order valence-corrected chi connectivity index (χ4v) is 5.14. The Morgan fingerprint density at radius 2 is 1.86 bits per heavy atom. The summed E-state index contributed by atoms with van der Waals surface area (Å²) in [6.45, 7) is 3.29. The van der Waals surface area contributed by atoms with Crippen LogP contribution in [0.25, 0.3) is 0 Å². The summed E-state index contributed by atoms with van der Waals surface area (Å²) in [5.41, 5.74) is 2.52. The molecule has 1 saturated heterocycles. The van der Waals surface area contributed by atoms with Crippen molar-refractivity contribution >= 4 is 21.6 Å². The lowest BCUT2D eigenvalue weighted by atomic mass is 10.1. The maximum Gasteiger partial charge on any atom is 0.255 e. The molecule has 3 rings (SSSR count). The van der Waals surface area contributed by atoms with Gasteiger partial charge in [-0.15, -0.1) is 0 Å². The highest BCUT2D eigenvalue weighted by atomic mass is 32.2. The van der Waals surface area contributed by atoms with Crippen molar-refractivity contribution in [2.24, 2.45) is 0 Å². The number of anilines is 1. The molecule has 1 aliphatic rings. The molecule has 6 nitrogen and oxygen atoms in total. The van der Waals surface area contributed by atoms with Crippen LogP contribution in [-0.2, 0) is 21.4 Å². The molecule has 0 aromatic heterocycles. The van der Waals surface area contributed by atoms with Gasteiger partial charge >= 0.3 is 0 Å². The van der Waals surface area contributed by atoms with E-state index in [1.807, 2.05) is 6.07 Å². The molecule has 0 atom stereocenters. The van der Waals surface area contributed by atoms with Gasteiger partial charge < -0.3 is 10.1 Å². The van der Waals surface area contributed by atoms with Crippen molar-refractivity contribution in [2.75, 3.05) is 25.5 Å². The number of carbonyl (C=O) groups excluding carboxylic acids is 1. The maximum atomic E-state index is 13.0. The lowest BCUT2D eigenvalue weighted by molar-refractivity contribution is 0.102. The Labute approximate surface area is 166 Å². The Morgan fingerprint density at radius 3 is 2.57 bits per heavy atom. The number of hydrogen-bond acceptors (Lipinski definition) is 4. The van der Waals surface area contributed by atoms with Crippen LogP contribution in [0.5, 0.6) is 0 Å². The van der Waals surface area contributed by atoms with E-state index in [2.05, 4.69) is 5.32 Å². The minimum Gasteiger partial charge on any atom is -0.380 e. The first-order valence-corrected chi connectivity index (χ1v) is 10.9. The molecular formula is C21H26N2O4S. The number of aryl methyl sites for hydroxylation is 1. The van der Waals surface area contributed by atoms with Crippen molar-refractivity contribution in [1.29, 1.82) is 0 Å². The van der Waals surface area contributed by atoms with E-state index < -0.39 is 10.0 Å². The molecule has 150 valence electrons. The van der Waals surface area contributed by atoms with Crippen LogP contribution in [0.4, 0.5) is 5.69 Å². The van der Waals surface area contributed by atoms with Gasteiger partial charge in [0.25, 0.3) is 5.91 Å². The second-order valence-corrected chi connectivity index (χ2v) is 8.94. The molecule has 7 heteroatoms. The van der Waals surface area contributed by atoms with E-state index in [0.29, 0.717) is 36.5 Å². The van der Waals surface area contributed by atoms with Gasteiger partial charge in [-0.1, -0.05) is 24.6 Å². The standard InChI is InChI=1S/C21H26N2O4S/c1-16-9-10-19(14-20(16)28(25,26)23-11-4-3-5-12-23)22-21(24)18-8-6-7-17(13-18)15-27-2/h6-10,13-14H,3-5,11-12,15H2,1-2H3,(H,22,24). The molecule has 2 aromatic rings. The number of sulfonamides is 1. The molecule has 1 amide bonds. The predicted molar refractivity (Wildman–Crippen MR) is 109 cm³/mol.